The molecule has 0 fully saturated rings. The van der Waals surface area contributed by atoms with Gasteiger partial charge in [0.05, 0.1) is 0 Å². The zero-order valence-corrected chi connectivity index (χ0v) is 10.4. The average Bonchev–Trinajstić information content (AvgIpc) is 2.53. The monoisotopic (exact) mass is 301 g/mol. The number of halogens is 1. The maximum absolute atomic E-state index is 4.48. The van der Waals surface area contributed by atoms with Gasteiger partial charge in [-0.25, -0.2) is 0 Å². The van der Waals surface area contributed by atoms with Gasteiger partial charge in [-0.05, 0) is 0 Å². The van der Waals surface area contributed by atoms with Crippen molar-refractivity contribution in [2.24, 2.45) is 0 Å². The first-order chi connectivity index (χ1) is 6.25. The number of aromatic nitrogens is 1. The summed E-state index contributed by atoms with van der Waals surface area (Å²) in [6.45, 7) is 2.09. The number of benzene rings is 1. The van der Waals surface area contributed by atoms with E-state index in [1.165, 1.54) is 10.1 Å². The van der Waals surface area contributed by atoms with Crippen LogP contribution >= 0.6 is 15.9 Å². The van der Waals surface area contributed by atoms with Crippen LogP contribution in [0.2, 0.25) is 0 Å². The summed E-state index contributed by atoms with van der Waals surface area (Å²) in [5.41, 5.74) is 2.34. The molecule has 13 heavy (non-hydrogen) atoms. The minimum atomic E-state index is 0.475. The maximum atomic E-state index is 4.48. The molecule has 0 aliphatic rings. The van der Waals surface area contributed by atoms with Crippen molar-refractivity contribution >= 4 is 30.4 Å². The molecular weight excluding hydrogens is 293 g/mol. The summed E-state index contributed by atoms with van der Waals surface area (Å²) in [6, 6.07) is 8.28. The molecule has 1 aromatic heterocycles. The summed E-state index contributed by atoms with van der Waals surface area (Å²) < 4.78 is 2.37. The zero-order chi connectivity index (χ0) is 9.26. The molecular formula is C10H8BrNSe. The van der Waals surface area contributed by atoms with Gasteiger partial charge >= 0.3 is 91.8 Å². The molecule has 2 rings (SSSR count). The molecule has 0 spiro atoms. The molecule has 0 aliphatic carbocycles. The van der Waals surface area contributed by atoms with Gasteiger partial charge in [0.15, 0.2) is 0 Å². The van der Waals surface area contributed by atoms with Crippen molar-refractivity contribution < 1.29 is 0 Å². The van der Waals surface area contributed by atoms with Crippen molar-refractivity contribution in [1.82, 2.24) is 4.98 Å². The van der Waals surface area contributed by atoms with Gasteiger partial charge in [0.25, 0.3) is 0 Å². The molecule has 1 heterocycles. The molecule has 3 heteroatoms. The zero-order valence-electron chi connectivity index (χ0n) is 7.12. The Labute approximate surface area is 91.7 Å². The normalized spacial score (nSPS) is 10.3. The van der Waals surface area contributed by atoms with E-state index >= 15 is 0 Å². The van der Waals surface area contributed by atoms with Crippen LogP contribution in [0.3, 0.4) is 0 Å². The van der Waals surface area contributed by atoms with Crippen LogP contribution in [0.5, 0.6) is 0 Å². The molecule has 66 valence electrons. The fraction of sp³-hybridized carbons (Fsp3) is 0.100. The predicted molar refractivity (Wildman–Crippen MR) is 59.1 cm³/mol. The van der Waals surface area contributed by atoms with Crippen molar-refractivity contribution in [3.63, 3.8) is 0 Å². The van der Waals surface area contributed by atoms with Gasteiger partial charge < -0.3 is 0 Å². The molecule has 0 atom stereocenters. The van der Waals surface area contributed by atoms with E-state index in [0.717, 1.165) is 10.2 Å². The van der Waals surface area contributed by atoms with Crippen LogP contribution in [0.25, 0.3) is 11.3 Å². The Morgan fingerprint density at radius 2 is 1.92 bits per heavy atom. The molecule has 2 aromatic rings. The molecule has 0 amide bonds. The van der Waals surface area contributed by atoms with Crippen molar-refractivity contribution in [2.45, 2.75) is 6.92 Å². The number of aryl methyl sites for hydroxylation is 1. The molecule has 0 unspecified atom stereocenters. The molecule has 1 nitrogen and oxygen atoms in total. The topological polar surface area (TPSA) is 12.9 Å². The number of hydrogen-bond acceptors (Lipinski definition) is 1. The van der Waals surface area contributed by atoms with Crippen LogP contribution in [0.4, 0.5) is 0 Å². The van der Waals surface area contributed by atoms with Crippen molar-refractivity contribution in [2.75, 3.05) is 0 Å². The van der Waals surface area contributed by atoms with E-state index in [1.807, 2.05) is 12.1 Å². The quantitative estimate of drug-likeness (QED) is 0.738. The summed E-state index contributed by atoms with van der Waals surface area (Å²) in [6.07, 6.45) is 0. The molecule has 0 aliphatic heterocycles. The standard InChI is InChI=1S/C10H8BrNSe/c1-7-12-10(6-13-7)8-2-4-9(11)5-3-8/h2-6H,1H3. The van der Waals surface area contributed by atoms with Crippen LogP contribution in [0, 0.1) is 6.92 Å². The average molecular weight is 301 g/mol. The Hall–Kier alpha value is -0.371. The van der Waals surface area contributed by atoms with Crippen molar-refractivity contribution in [3.05, 3.63) is 38.2 Å². The third-order valence-corrected chi connectivity index (χ3v) is 3.91. The van der Waals surface area contributed by atoms with E-state index in [1.54, 1.807) is 0 Å². The SMILES string of the molecule is Cc1nc(-c2ccc(Br)cc2)c[se]1. The Bertz CT molecular complexity index is 405. The first-order valence-corrected chi connectivity index (χ1v) is 6.57. The second kappa shape index (κ2) is 3.79. The van der Waals surface area contributed by atoms with E-state index in [9.17, 15) is 0 Å². The van der Waals surface area contributed by atoms with Gasteiger partial charge in [-0.2, -0.15) is 0 Å². The Morgan fingerprint density at radius 3 is 2.46 bits per heavy atom. The molecule has 0 radical (unpaired) electrons. The van der Waals surface area contributed by atoms with Crippen LogP contribution in [-0.2, 0) is 0 Å². The van der Waals surface area contributed by atoms with Gasteiger partial charge in [-0.1, -0.05) is 0 Å². The van der Waals surface area contributed by atoms with Gasteiger partial charge in [0.2, 0.25) is 0 Å². The number of nitrogens with zero attached hydrogens (tertiary/aromatic N) is 1. The Morgan fingerprint density at radius 1 is 1.23 bits per heavy atom. The van der Waals surface area contributed by atoms with Gasteiger partial charge in [-0.15, -0.1) is 0 Å². The fourth-order valence-electron chi connectivity index (χ4n) is 1.12. The first-order valence-electron chi connectivity index (χ1n) is 3.94. The summed E-state index contributed by atoms with van der Waals surface area (Å²) in [5, 5.41) is 0. The Kier molecular flexibility index (Phi) is 2.68. The van der Waals surface area contributed by atoms with Crippen molar-refractivity contribution in [3.8, 4) is 11.3 Å². The van der Waals surface area contributed by atoms with E-state index < -0.39 is 0 Å². The number of rotatable bonds is 1. The molecule has 0 saturated heterocycles. The Balaban J connectivity index is 2.41. The van der Waals surface area contributed by atoms with Crippen molar-refractivity contribution in [1.29, 1.82) is 0 Å². The summed E-state index contributed by atoms with van der Waals surface area (Å²) in [7, 11) is 0. The molecule has 0 saturated carbocycles. The predicted octanol–water partition coefficient (Wildman–Crippen LogP) is 2.88. The second-order valence-electron chi connectivity index (χ2n) is 2.76. The van der Waals surface area contributed by atoms with E-state index in [2.05, 4.69) is 44.9 Å². The van der Waals surface area contributed by atoms with Gasteiger partial charge in [0.1, 0.15) is 0 Å². The third-order valence-electron chi connectivity index (χ3n) is 1.76. The van der Waals surface area contributed by atoms with Gasteiger partial charge in [-0.3, -0.25) is 0 Å². The van der Waals surface area contributed by atoms with E-state index in [4.69, 9.17) is 0 Å². The summed E-state index contributed by atoms with van der Waals surface area (Å²) in [4.78, 5) is 6.71. The van der Waals surface area contributed by atoms with E-state index in [-0.39, 0.29) is 0 Å². The van der Waals surface area contributed by atoms with Crippen LogP contribution in [0.15, 0.2) is 33.7 Å². The third kappa shape index (κ3) is 2.11. The van der Waals surface area contributed by atoms with Crippen LogP contribution in [0.1, 0.15) is 4.57 Å². The van der Waals surface area contributed by atoms with Crippen LogP contribution in [-0.4, -0.2) is 19.5 Å². The second-order valence-corrected chi connectivity index (χ2v) is 5.90. The molecule has 1 aromatic carbocycles. The number of hydrogen-bond donors (Lipinski definition) is 0. The first kappa shape index (κ1) is 9.19. The fourth-order valence-corrected chi connectivity index (χ4v) is 2.69. The van der Waals surface area contributed by atoms with Crippen LogP contribution < -0.4 is 0 Å². The van der Waals surface area contributed by atoms with Gasteiger partial charge in [0, 0.05) is 0 Å². The molecule has 0 bridgehead atoms. The molecule has 0 N–H and O–H groups in total. The van der Waals surface area contributed by atoms with E-state index in [0.29, 0.717) is 14.5 Å². The minimum absolute atomic E-state index is 0.475. The summed E-state index contributed by atoms with van der Waals surface area (Å²) >= 11 is 3.89. The summed E-state index contributed by atoms with van der Waals surface area (Å²) in [5.74, 6) is 0.